The Morgan fingerprint density at radius 3 is 2.29 bits per heavy atom. The Kier molecular flexibility index (Phi) is 20.6. The fourth-order valence-corrected chi connectivity index (χ4v) is 11.2. The van der Waals surface area contributed by atoms with E-state index in [-0.39, 0.29) is 49.2 Å². The Labute approximate surface area is 415 Å². The van der Waals surface area contributed by atoms with Gasteiger partial charge in [-0.1, -0.05) is 71.1 Å². The second-order valence-electron chi connectivity index (χ2n) is 20.5. The molecule has 15 nitrogen and oxygen atoms in total. The van der Waals surface area contributed by atoms with E-state index >= 15 is 0 Å². The van der Waals surface area contributed by atoms with Gasteiger partial charge in [0.1, 0.15) is 30.1 Å². The molecule has 1 amide bonds. The van der Waals surface area contributed by atoms with Crippen LogP contribution in [-0.4, -0.2) is 140 Å². The zero-order chi connectivity index (χ0) is 53.9. The average Bonchev–Trinajstić information content (AvgIpc) is 3.32. The zero-order valence-electron chi connectivity index (χ0n) is 45.9. The predicted octanol–water partition coefficient (Wildman–Crippen LogP) is 7.74. The van der Waals surface area contributed by atoms with E-state index in [2.05, 4.69) is 0 Å². The van der Waals surface area contributed by atoms with Gasteiger partial charge < -0.3 is 43.3 Å². The number of aliphatic hydroxyl groups excluding tert-OH is 1. The third-order valence-electron chi connectivity index (χ3n) is 14.8. The fraction of sp³-hybridized carbons (Fsp3) is 0.755. The van der Waals surface area contributed by atoms with Crippen molar-refractivity contribution < 1.29 is 71.1 Å². The highest BCUT2D eigenvalue weighted by Crippen LogP contribution is 2.45. The van der Waals surface area contributed by atoms with Crippen LogP contribution in [0.3, 0.4) is 0 Å². The van der Waals surface area contributed by atoms with Crippen LogP contribution in [0.1, 0.15) is 130 Å². The molecule has 2 saturated heterocycles. The van der Waals surface area contributed by atoms with Crippen molar-refractivity contribution in [1.29, 1.82) is 0 Å². The largest absolute Gasteiger partial charge is 0.460 e. The van der Waals surface area contributed by atoms with E-state index in [1.807, 2.05) is 51.2 Å². The van der Waals surface area contributed by atoms with Crippen molar-refractivity contribution >= 4 is 36.6 Å². The fourth-order valence-electron chi connectivity index (χ4n) is 10.5. The minimum absolute atomic E-state index is 0.00934. The summed E-state index contributed by atoms with van der Waals surface area (Å²) in [5, 5.41) is 23.5. The lowest BCUT2D eigenvalue weighted by atomic mass is 9.78. The van der Waals surface area contributed by atoms with Crippen LogP contribution < -0.4 is 0 Å². The zero-order valence-corrected chi connectivity index (χ0v) is 43.8. The SMILES string of the molecule is [2H]C([2H])([2H])P(C)(=O)O[C@@H]1CC[C@@H](C[C@@H](C)[C@@H]2CC(=O)[C@H](C)/C=C(\C)[C@@H](O)[C@@H](OC)C(=O)[C@H](C)C[C@H](C)/C=C/C=C/C=C(\C)[C@@H](OC)C[C@@H]3CC[C@@H](C)[C@@](O)(O3)C(=O)C(=O)N3CCCC[C@H]3C(=O)O2)C[C@H]1OC. The molecule has 390 valence electrons. The van der Waals surface area contributed by atoms with Gasteiger partial charge in [0.05, 0.1) is 24.4 Å². The first-order valence-electron chi connectivity index (χ1n) is 26.4. The van der Waals surface area contributed by atoms with Gasteiger partial charge in [0.25, 0.3) is 11.7 Å². The van der Waals surface area contributed by atoms with Crippen LogP contribution in [0.15, 0.2) is 47.6 Å². The van der Waals surface area contributed by atoms with Crippen LogP contribution >= 0.6 is 7.37 Å². The van der Waals surface area contributed by atoms with E-state index < -0.39 is 110 Å². The molecule has 69 heavy (non-hydrogen) atoms. The van der Waals surface area contributed by atoms with E-state index in [1.165, 1.54) is 14.2 Å². The van der Waals surface area contributed by atoms with Crippen molar-refractivity contribution in [1.82, 2.24) is 4.90 Å². The number of esters is 1. The van der Waals surface area contributed by atoms with Crippen LogP contribution in [0.2, 0.25) is 0 Å². The lowest BCUT2D eigenvalue weighted by Gasteiger charge is -2.42. The second-order valence-corrected chi connectivity index (χ2v) is 22.4. The number of ketones is 3. The number of piperidine rings is 1. The molecule has 16 heteroatoms. The average molecular weight is 993 g/mol. The highest BCUT2D eigenvalue weighted by molar-refractivity contribution is 7.57. The highest BCUT2D eigenvalue weighted by atomic mass is 31.2. The first-order valence-corrected chi connectivity index (χ1v) is 27.0. The molecule has 4 rings (SSSR count). The third-order valence-corrected chi connectivity index (χ3v) is 15.5. The lowest BCUT2D eigenvalue weighted by Crippen LogP contribution is -2.61. The second kappa shape index (κ2) is 26.5. The molecule has 4 aliphatic rings. The van der Waals surface area contributed by atoms with Crippen molar-refractivity contribution in [3.8, 4) is 0 Å². The maximum absolute atomic E-state index is 14.5. The molecule has 16 atom stereocenters. The quantitative estimate of drug-likeness (QED) is 0.104. The Morgan fingerprint density at radius 2 is 1.62 bits per heavy atom. The summed E-state index contributed by atoms with van der Waals surface area (Å²) < 4.78 is 71.5. The molecule has 1 unspecified atom stereocenters. The number of aliphatic hydroxyl groups is 2. The minimum atomic E-state index is -4.00. The van der Waals surface area contributed by atoms with Crippen LogP contribution in [0.5, 0.6) is 0 Å². The topological polar surface area (TPSA) is 201 Å². The number of hydrogen-bond donors (Lipinski definition) is 2. The molecule has 0 aromatic rings. The molecule has 2 bridgehead atoms. The maximum atomic E-state index is 14.5. The van der Waals surface area contributed by atoms with Gasteiger partial charge in [-0.3, -0.25) is 23.7 Å². The van der Waals surface area contributed by atoms with Crippen LogP contribution in [0.4, 0.5) is 0 Å². The number of nitrogens with zero attached hydrogens (tertiary/aromatic N) is 1. The van der Waals surface area contributed by atoms with Gasteiger partial charge in [0.15, 0.2) is 13.2 Å². The molecule has 3 aliphatic heterocycles. The third kappa shape index (κ3) is 16.2. The number of carbonyl (C=O) groups excluding carboxylic acids is 5. The minimum Gasteiger partial charge on any atom is -0.460 e. The first-order chi connectivity index (χ1) is 33.7. The smallest absolute Gasteiger partial charge is 0.329 e. The number of hydrogen-bond acceptors (Lipinski definition) is 14. The van der Waals surface area contributed by atoms with E-state index in [0.717, 1.165) is 17.1 Å². The van der Waals surface area contributed by atoms with E-state index in [1.54, 1.807) is 40.9 Å². The van der Waals surface area contributed by atoms with Gasteiger partial charge in [-0.25, -0.2) is 4.79 Å². The number of cyclic esters (lactones) is 1. The summed E-state index contributed by atoms with van der Waals surface area (Å²) in [5.41, 5.74) is 1.20. The van der Waals surface area contributed by atoms with E-state index in [4.69, 9.17) is 32.3 Å². The lowest BCUT2D eigenvalue weighted by molar-refractivity contribution is -0.265. The summed E-state index contributed by atoms with van der Waals surface area (Å²) in [5.74, 6) is -8.73. The predicted molar refractivity (Wildman–Crippen MR) is 263 cm³/mol. The number of fused-ring (bicyclic) bond motifs is 3. The molecule has 0 aromatic carbocycles. The first kappa shape index (κ1) is 53.7. The van der Waals surface area contributed by atoms with Crippen molar-refractivity contribution in [2.24, 2.45) is 35.5 Å². The Hall–Kier alpha value is -3.14. The van der Waals surface area contributed by atoms with Gasteiger partial charge >= 0.3 is 5.97 Å². The molecule has 0 spiro atoms. The molecular formula is C53H84NO14P. The summed E-state index contributed by atoms with van der Waals surface area (Å²) >= 11 is 0. The summed E-state index contributed by atoms with van der Waals surface area (Å²) in [6.45, 7) is 10.8. The van der Waals surface area contributed by atoms with Crippen LogP contribution in [-0.2, 0) is 56.7 Å². The number of rotatable bonds is 8. The van der Waals surface area contributed by atoms with Crippen molar-refractivity contribution in [2.45, 2.75) is 180 Å². The molecule has 1 aliphatic carbocycles. The number of amides is 1. The van der Waals surface area contributed by atoms with E-state index in [0.29, 0.717) is 63.4 Å². The van der Waals surface area contributed by atoms with Crippen molar-refractivity contribution in [3.63, 3.8) is 0 Å². The van der Waals surface area contributed by atoms with Gasteiger partial charge in [-0.15, -0.1) is 0 Å². The summed E-state index contributed by atoms with van der Waals surface area (Å²) in [6.07, 6.45) is 9.36. The van der Waals surface area contributed by atoms with Gasteiger partial charge in [0, 0.05) is 75.8 Å². The van der Waals surface area contributed by atoms with Crippen molar-refractivity contribution in [2.75, 3.05) is 41.1 Å². The molecule has 3 fully saturated rings. The monoisotopic (exact) mass is 993 g/mol. The van der Waals surface area contributed by atoms with Gasteiger partial charge in [-0.2, -0.15) is 0 Å². The number of ether oxygens (including phenoxy) is 5. The number of allylic oxidation sites excluding steroid dienone is 6. The molecule has 0 radical (unpaired) electrons. The Balaban J connectivity index is 1.70. The standard InChI is InChI=1S/C53H84NO14P/c1-32-18-14-13-15-19-33(2)44(63-8)30-40-23-21-38(7)53(61,67-40)50(58)51(59)54-25-17-16-20-41(54)52(60)66-45(35(4)28-39-22-24-43(46(29-39)64-9)68-69(11,12)62)31-42(55)34(3)27-37(6)48(57)49(65-10)47(56)36(5)26-32/h13-15,18-19,27,32,34-36,38-41,43-46,48-49,57,61H,16-17,20-26,28-31H2,1-12H3/b15-13+,18-14+,33-19+,37-27+/t32-,34-,35-,36-,38-,39+,40+,41+,43-,44+,45+,46-,48-,49+,53-/m1/s1/i11D3/t32-,34-,35-,36-,38-,39+,40+,41+,43-,44+,45+,46-,48-,49+,53-,69?. The molecule has 1 saturated carbocycles. The number of Topliss-reactive ketones (excluding diaryl/α,β-unsaturated/α-hetero) is 3. The Bertz CT molecular complexity index is 2060. The number of carbonyl (C=O) groups is 5. The van der Waals surface area contributed by atoms with Crippen molar-refractivity contribution in [3.05, 3.63) is 47.6 Å². The van der Waals surface area contributed by atoms with Crippen LogP contribution in [0, 0.1) is 35.5 Å². The molecule has 0 aromatic heterocycles. The molecule has 2 N–H and O–H groups in total. The normalized spacial score (nSPS) is 40.5. The van der Waals surface area contributed by atoms with E-state index in [9.17, 15) is 38.8 Å². The summed E-state index contributed by atoms with van der Waals surface area (Å²) in [7, 11) is 0.388. The number of methoxy groups -OCH3 is 3. The molecule has 3 heterocycles. The maximum Gasteiger partial charge on any atom is 0.329 e. The summed E-state index contributed by atoms with van der Waals surface area (Å²) in [4.78, 5) is 72.3. The highest BCUT2D eigenvalue weighted by Gasteiger charge is 2.53. The molecular weight excluding hydrogens is 906 g/mol. The van der Waals surface area contributed by atoms with Gasteiger partial charge in [-0.05, 0) is 107 Å². The Morgan fingerprint density at radius 1 is 0.899 bits per heavy atom. The summed E-state index contributed by atoms with van der Waals surface area (Å²) in [6, 6.07) is -1.21. The van der Waals surface area contributed by atoms with Gasteiger partial charge in [0.2, 0.25) is 5.79 Å². The van der Waals surface area contributed by atoms with Crippen LogP contribution in [0.25, 0.3) is 0 Å².